The van der Waals surface area contributed by atoms with E-state index in [-0.39, 0.29) is 35.5 Å². The van der Waals surface area contributed by atoms with E-state index in [0.717, 1.165) is 19.3 Å². The number of nitrogens with zero attached hydrogens (tertiary/aromatic N) is 1. The lowest BCUT2D eigenvalue weighted by molar-refractivity contribution is -0.124. The van der Waals surface area contributed by atoms with Crippen LogP contribution in [0, 0.1) is 35.5 Å². The summed E-state index contributed by atoms with van der Waals surface area (Å²) in [5.74, 6) is 0.706. The molecule has 4 aliphatic carbocycles. The zero-order valence-electron chi connectivity index (χ0n) is 17.9. The van der Waals surface area contributed by atoms with E-state index in [4.69, 9.17) is 4.74 Å². The van der Waals surface area contributed by atoms with Crippen molar-refractivity contribution in [2.24, 2.45) is 35.5 Å². The molecule has 0 aromatic heterocycles. The van der Waals surface area contributed by atoms with Gasteiger partial charge in [0.15, 0.2) is 0 Å². The van der Waals surface area contributed by atoms with Crippen LogP contribution in [-0.4, -0.2) is 17.8 Å². The van der Waals surface area contributed by atoms with Crippen molar-refractivity contribution in [2.75, 3.05) is 4.90 Å². The molecule has 0 radical (unpaired) electrons. The second kappa shape index (κ2) is 7.16. The summed E-state index contributed by atoms with van der Waals surface area (Å²) in [5, 5.41) is 0. The van der Waals surface area contributed by atoms with Crippen LogP contribution in [0.15, 0.2) is 60.7 Å². The highest BCUT2D eigenvalue weighted by Crippen LogP contribution is 2.65. The molecule has 0 N–H and O–H groups in total. The van der Waals surface area contributed by atoms with Gasteiger partial charge in [-0.05, 0) is 72.4 Å². The molecule has 0 spiro atoms. The fourth-order valence-corrected chi connectivity index (χ4v) is 6.16. The summed E-state index contributed by atoms with van der Waals surface area (Å²) in [6.45, 7) is 2.12. The Bertz CT molecular complexity index is 1110. The van der Waals surface area contributed by atoms with Crippen LogP contribution >= 0.6 is 0 Å². The summed E-state index contributed by atoms with van der Waals surface area (Å²) in [5.41, 5.74) is 1.97. The maximum atomic E-state index is 13.3. The minimum absolute atomic E-state index is 0.123. The first-order valence-electron chi connectivity index (χ1n) is 11.5. The lowest BCUT2D eigenvalue weighted by Gasteiger charge is -2.37. The smallest absolute Gasteiger partial charge is 0.343 e. The van der Waals surface area contributed by atoms with Crippen molar-refractivity contribution in [2.45, 2.75) is 26.2 Å². The van der Waals surface area contributed by atoms with E-state index in [1.165, 1.54) is 10.5 Å². The Morgan fingerprint density at radius 3 is 2.25 bits per heavy atom. The van der Waals surface area contributed by atoms with Crippen LogP contribution in [0.1, 0.15) is 35.7 Å². The largest absolute Gasteiger partial charge is 0.423 e. The maximum Gasteiger partial charge on any atom is 0.343 e. The average Bonchev–Trinajstić information content (AvgIpc) is 3.59. The number of ether oxygens (including phenoxy) is 1. The van der Waals surface area contributed by atoms with Crippen molar-refractivity contribution >= 4 is 23.5 Å². The van der Waals surface area contributed by atoms with Gasteiger partial charge in [0.05, 0.1) is 23.1 Å². The first-order valence-corrected chi connectivity index (χ1v) is 11.5. The number of carbonyl (C=O) groups is 3. The Labute approximate surface area is 187 Å². The van der Waals surface area contributed by atoms with Crippen molar-refractivity contribution in [1.29, 1.82) is 0 Å². The number of benzene rings is 2. The van der Waals surface area contributed by atoms with Crippen molar-refractivity contribution in [3.8, 4) is 5.75 Å². The maximum absolute atomic E-state index is 13.3. The molecule has 7 rings (SSSR count). The standard InChI is InChI=1S/C27H25NO4/c1-2-4-15-7-9-18(10-8-15)32-27(31)16-5-3-6-17(13-16)28-25(29)23-19-11-12-20(22-14-21(19)22)24(23)26(28)30/h3,5-13,19-24H,2,4,14H2,1H3/t19-,20+,21-,22-,23+,24-/m1/s1. The van der Waals surface area contributed by atoms with Gasteiger partial charge in [0.25, 0.3) is 0 Å². The minimum atomic E-state index is -0.505. The van der Waals surface area contributed by atoms with Crippen LogP contribution in [0.25, 0.3) is 0 Å². The molecule has 32 heavy (non-hydrogen) atoms. The van der Waals surface area contributed by atoms with E-state index in [9.17, 15) is 14.4 Å². The number of esters is 1. The van der Waals surface area contributed by atoms with Crippen LogP contribution < -0.4 is 9.64 Å². The van der Waals surface area contributed by atoms with E-state index in [1.54, 1.807) is 36.4 Å². The van der Waals surface area contributed by atoms with Crippen LogP contribution in [-0.2, 0) is 16.0 Å². The molecular formula is C27H25NO4. The van der Waals surface area contributed by atoms with Gasteiger partial charge in [-0.25, -0.2) is 9.69 Å². The first kappa shape index (κ1) is 19.5. The predicted octanol–water partition coefficient (Wildman–Crippen LogP) is 4.42. The highest BCUT2D eigenvalue weighted by Gasteiger charge is 2.67. The Morgan fingerprint density at radius 2 is 1.62 bits per heavy atom. The third-order valence-electron chi connectivity index (χ3n) is 7.68. The molecule has 3 fully saturated rings. The van der Waals surface area contributed by atoms with Crippen LogP contribution in [0.3, 0.4) is 0 Å². The second-order valence-electron chi connectivity index (χ2n) is 9.50. The summed E-state index contributed by atoms with van der Waals surface area (Å²) < 4.78 is 5.53. The van der Waals surface area contributed by atoms with Gasteiger partial charge < -0.3 is 4.74 Å². The van der Waals surface area contributed by atoms with Gasteiger partial charge >= 0.3 is 5.97 Å². The normalized spacial score (nSPS) is 31.5. The summed E-state index contributed by atoms with van der Waals surface area (Å²) in [7, 11) is 0. The summed E-state index contributed by atoms with van der Waals surface area (Å²) >= 11 is 0. The number of allylic oxidation sites excluding steroid dienone is 2. The Kier molecular flexibility index (Phi) is 4.36. The molecule has 162 valence electrons. The van der Waals surface area contributed by atoms with Gasteiger partial charge in [-0.3, -0.25) is 9.59 Å². The number of rotatable bonds is 5. The van der Waals surface area contributed by atoms with Gasteiger partial charge in [-0.15, -0.1) is 0 Å². The lowest BCUT2D eigenvalue weighted by atomic mass is 9.63. The molecule has 2 bridgehead atoms. The predicted molar refractivity (Wildman–Crippen MR) is 119 cm³/mol. The first-order chi connectivity index (χ1) is 15.6. The highest BCUT2D eigenvalue weighted by atomic mass is 16.5. The van der Waals surface area contributed by atoms with Crippen molar-refractivity contribution in [1.82, 2.24) is 0 Å². The number of hydrogen-bond acceptors (Lipinski definition) is 4. The molecule has 2 amide bonds. The summed E-state index contributed by atoms with van der Waals surface area (Å²) in [4.78, 5) is 40.7. The fraction of sp³-hybridized carbons (Fsp3) is 0.370. The molecule has 6 atom stereocenters. The highest BCUT2D eigenvalue weighted by molar-refractivity contribution is 6.23. The van der Waals surface area contributed by atoms with Crippen molar-refractivity contribution in [3.63, 3.8) is 0 Å². The van der Waals surface area contributed by atoms with Gasteiger partial charge in [0.2, 0.25) is 11.8 Å². The summed E-state index contributed by atoms with van der Waals surface area (Å²) in [6, 6.07) is 14.2. The van der Waals surface area contributed by atoms with Crippen molar-refractivity contribution < 1.29 is 19.1 Å². The Balaban J connectivity index is 1.23. The SMILES string of the molecule is CCCc1ccc(OC(=O)c2cccc(N3C(=O)[C@@H]4[C@H]5C=C[C@H]([C@H]6C[C@H]56)[C@@H]4C3=O)c2)cc1. The second-order valence-corrected chi connectivity index (χ2v) is 9.50. The minimum Gasteiger partial charge on any atom is -0.423 e. The summed E-state index contributed by atoms with van der Waals surface area (Å²) in [6.07, 6.45) is 7.49. The van der Waals surface area contributed by atoms with Crippen LogP contribution in [0.2, 0.25) is 0 Å². The van der Waals surface area contributed by atoms with E-state index in [0.29, 0.717) is 28.8 Å². The molecule has 1 aliphatic heterocycles. The number of anilines is 1. The van der Waals surface area contributed by atoms with Gasteiger partial charge in [0.1, 0.15) is 5.75 Å². The number of hydrogen-bond donors (Lipinski definition) is 0. The van der Waals surface area contributed by atoms with Crippen molar-refractivity contribution in [3.05, 3.63) is 71.8 Å². The average molecular weight is 428 g/mol. The van der Waals surface area contributed by atoms with E-state index < -0.39 is 5.97 Å². The molecule has 1 heterocycles. The number of carbonyl (C=O) groups excluding carboxylic acids is 3. The zero-order chi connectivity index (χ0) is 22.0. The molecule has 5 nitrogen and oxygen atoms in total. The van der Waals surface area contributed by atoms with Crippen LogP contribution in [0.4, 0.5) is 5.69 Å². The van der Waals surface area contributed by atoms with Crippen LogP contribution in [0.5, 0.6) is 5.75 Å². The molecule has 2 saturated carbocycles. The number of aryl methyl sites for hydroxylation is 1. The zero-order valence-corrected chi connectivity index (χ0v) is 17.9. The molecule has 2 aromatic rings. The molecule has 2 aromatic carbocycles. The molecule has 5 heteroatoms. The molecular weight excluding hydrogens is 402 g/mol. The Morgan fingerprint density at radius 1 is 0.969 bits per heavy atom. The monoisotopic (exact) mass is 427 g/mol. The van der Waals surface area contributed by atoms with Gasteiger partial charge in [-0.1, -0.05) is 43.7 Å². The van der Waals surface area contributed by atoms with E-state index in [1.807, 2.05) is 12.1 Å². The third kappa shape index (κ3) is 2.87. The fourth-order valence-electron chi connectivity index (χ4n) is 6.16. The molecule has 5 aliphatic rings. The van der Waals surface area contributed by atoms with E-state index >= 15 is 0 Å². The van der Waals surface area contributed by atoms with Gasteiger partial charge in [-0.2, -0.15) is 0 Å². The molecule has 1 saturated heterocycles. The lowest BCUT2D eigenvalue weighted by Crippen LogP contribution is -2.40. The third-order valence-corrected chi connectivity index (χ3v) is 7.68. The number of amides is 2. The topological polar surface area (TPSA) is 63.7 Å². The van der Waals surface area contributed by atoms with E-state index in [2.05, 4.69) is 19.1 Å². The quantitative estimate of drug-likeness (QED) is 0.307. The molecule has 0 unspecified atom stereocenters. The van der Waals surface area contributed by atoms with Gasteiger partial charge in [0, 0.05) is 0 Å². The Hall–Kier alpha value is -3.21. The number of imide groups is 1.